The van der Waals surface area contributed by atoms with Gasteiger partial charge in [0.2, 0.25) is 0 Å². The number of nitriles is 1. The van der Waals surface area contributed by atoms with Gasteiger partial charge in [-0.2, -0.15) is 5.26 Å². The van der Waals surface area contributed by atoms with E-state index >= 15 is 0 Å². The van der Waals surface area contributed by atoms with Crippen LogP contribution < -0.4 is 0 Å². The molecule has 4 rings (SSSR count). The summed E-state index contributed by atoms with van der Waals surface area (Å²) in [5.74, 6) is 2.72. The van der Waals surface area contributed by atoms with Crippen LogP contribution >= 0.6 is 11.8 Å². The van der Waals surface area contributed by atoms with E-state index in [1.807, 2.05) is 24.3 Å². The maximum atomic E-state index is 8.87. The summed E-state index contributed by atoms with van der Waals surface area (Å²) in [6.45, 7) is 0. The average Bonchev–Trinajstić information content (AvgIpc) is 3.12. The normalized spacial score (nSPS) is 18.2. The topological polar surface area (TPSA) is 54.5 Å². The molecule has 5 heteroatoms. The molecule has 0 atom stereocenters. The second-order valence-electron chi connectivity index (χ2n) is 6.52. The van der Waals surface area contributed by atoms with E-state index in [1.54, 1.807) is 11.8 Å². The largest absolute Gasteiger partial charge is 0.303 e. The second kappa shape index (κ2) is 6.37. The van der Waals surface area contributed by atoms with Gasteiger partial charge in [0.05, 0.1) is 11.6 Å². The monoisotopic (exact) mass is 324 g/mol. The summed E-state index contributed by atoms with van der Waals surface area (Å²) in [4.78, 5) is 0. The van der Waals surface area contributed by atoms with E-state index < -0.39 is 0 Å². The molecule has 0 aliphatic heterocycles. The first-order valence-electron chi connectivity index (χ1n) is 8.42. The number of nitrogens with zero attached hydrogens (tertiary/aromatic N) is 4. The minimum Gasteiger partial charge on any atom is -0.303 e. The van der Waals surface area contributed by atoms with E-state index in [4.69, 9.17) is 5.26 Å². The van der Waals surface area contributed by atoms with E-state index in [0.717, 1.165) is 10.9 Å². The molecule has 2 aliphatic carbocycles. The van der Waals surface area contributed by atoms with Gasteiger partial charge in [-0.15, -0.1) is 10.2 Å². The smallest absolute Gasteiger partial charge is 0.191 e. The van der Waals surface area contributed by atoms with Gasteiger partial charge in [0.1, 0.15) is 5.82 Å². The van der Waals surface area contributed by atoms with Crippen LogP contribution in [-0.2, 0) is 5.75 Å². The SMILES string of the molecule is N#Cc1ccc(CSc2nnc(C3CCCC3)n2C2CC2)cc1. The highest BCUT2D eigenvalue weighted by molar-refractivity contribution is 7.98. The Kier molecular flexibility index (Phi) is 4.09. The molecule has 118 valence electrons. The van der Waals surface area contributed by atoms with Crippen LogP contribution in [0.4, 0.5) is 0 Å². The Labute approximate surface area is 140 Å². The highest BCUT2D eigenvalue weighted by Crippen LogP contribution is 2.43. The Morgan fingerprint density at radius 1 is 1.09 bits per heavy atom. The van der Waals surface area contributed by atoms with Crippen molar-refractivity contribution in [2.75, 3.05) is 0 Å². The van der Waals surface area contributed by atoms with Crippen molar-refractivity contribution in [2.24, 2.45) is 0 Å². The fourth-order valence-electron chi connectivity index (χ4n) is 3.35. The third-order valence-corrected chi connectivity index (χ3v) is 5.79. The number of benzene rings is 1. The van der Waals surface area contributed by atoms with Crippen LogP contribution in [0.2, 0.25) is 0 Å². The minimum absolute atomic E-state index is 0.618. The fourth-order valence-corrected chi connectivity index (χ4v) is 4.32. The molecule has 2 fully saturated rings. The van der Waals surface area contributed by atoms with Crippen molar-refractivity contribution < 1.29 is 0 Å². The van der Waals surface area contributed by atoms with Gasteiger partial charge in [-0.1, -0.05) is 36.7 Å². The van der Waals surface area contributed by atoms with Crippen molar-refractivity contribution in [2.45, 2.75) is 61.4 Å². The van der Waals surface area contributed by atoms with Crippen molar-refractivity contribution in [1.82, 2.24) is 14.8 Å². The number of thioether (sulfide) groups is 1. The van der Waals surface area contributed by atoms with Crippen LogP contribution in [-0.4, -0.2) is 14.8 Å². The third kappa shape index (κ3) is 3.13. The molecular weight excluding hydrogens is 304 g/mol. The Hall–Kier alpha value is -1.80. The summed E-state index contributed by atoms with van der Waals surface area (Å²) < 4.78 is 2.42. The maximum absolute atomic E-state index is 8.87. The molecule has 2 saturated carbocycles. The first-order valence-corrected chi connectivity index (χ1v) is 9.40. The minimum atomic E-state index is 0.618. The van der Waals surface area contributed by atoms with Gasteiger partial charge in [0.25, 0.3) is 0 Å². The van der Waals surface area contributed by atoms with Gasteiger partial charge in [-0.05, 0) is 43.4 Å². The van der Waals surface area contributed by atoms with E-state index in [-0.39, 0.29) is 0 Å². The fraction of sp³-hybridized carbons (Fsp3) is 0.500. The number of hydrogen-bond acceptors (Lipinski definition) is 4. The summed E-state index contributed by atoms with van der Waals surface area (Å²) in [7, 11) is 0. The number of rotatable bonds is 5. The van der Waals surface area contributed by atoms with Gasteiger partial charge in [-0.25, -0.2) is 0 Å². The molecule has 2 aromatic rings. The lowest BCUT2D eigenvalue weighted by Gasteiger charge is -2.12. The Bertz CT molecular complexity index is 718. The zero-order valence-corrected chi connectivity index (χ0v) is 13.9. The summed E-state index contributed by atoms with van der Waals surface area (Å²) in [6, 6.07) is 10.6. The van der Waals surface area contributed by atoms with E-state index in [0.29, 0.717) is 17.5 Å². The van der Waals surface area contributed by atoms with Crippen LogP contribution in [0.1, 0.15) is 67.4 Å². The highest BCUT2D eigenvalue weighted by Gasteiger charge is 2.33. The molecule has 0 N–H and O–H groups in total. The second-order valence-corrected chi connectivity index (χ2v) is 7.46. The van der Waals surface area contributed by atoms with Gasteiger partial charge in [-0.3, -0.25) is 0 Å². The predicted molar refractivity (Wildman–Crippen MR) is 90.2 cm³/mol. The number of aromatic nitrogens is 3. The maximum Gasteiger partial charge on any atom is 0.191 e. The lowest BCUT2D eigenvalue weighted by atomic mass is 10.1. The van der Waals surface area contributed by atoms with Crippen LogP contribution in [0, 0.1) is 11.3 Å². The lowest BCUT2D eigenvalue weighted by Crippen LogP contribution is -2.06. The first-order chi connectivity index (χ1) is 11.3. The van der Waals surface area contributed by atoms with Crippen LogP contribution in [0.5, 0.6) is 0 Å². The summed E-state index contributed by atoms with van der Waals surface area (Å²) in [5.41, 5.74) is 1.94. The molecule has 0 unspecified atom stereocenters. The van der Waals surface area contributed by atoms with Crippen LogP contribution in [0.15, 0.2) is 29.4 Å². The van der Waals surface area contributed by atoms with E-state index in [2.05, 4.69) is 20.8 Å². The Morgan fingerprint density at radius 2 is 1.83 bits per heavy atom. The summed E-state index contributed by atoms with van der Waals surface area (Å²) in [6.07, 6.45) is 7.73. The third-order valence-electron chi connectivity index (χ3n) is 4.77. The molecular formula is C18H20N4S. The van der Waals surface area contributed by atoms with Crippen molar-refractivity contribution in [3.8, 4) is 6.07 Å². The molecule has 0 spiro atoms. The summed E-state index contributed by atoms with van der Waals surface area (Å²) >= 11 is 1.77. The predicted octanol–water partition coefficient (Wildman–Crippen LogP) is 4.43. The lowest BCUT2D eigenvalue weighted by molar-refractivity contribution is 0.566. The van der Waals surface area contributed by atoms with E-state index in [1.165, 1.54) is 49.9 Å². The van der Waals surface area contributed by atoms with Gasteiger partial charge >= 0.3 is 0 Å². The molecule has 0 bridgehead atoms. The highest BCUT2D eigenvalue weighted by atomic mass is 32.2. The Morgan fingerprint density at radius 3 is 2.48 bits per heavy atom. The quantitative estimate of drug-likeness (QED) is 0.763. The van der Waals surface area contributed by atoms with Gasteiger partial charge in [0.15, 0.2) is 5.16 Å². The van der Waals surface area contributed by atoms with Crippen LogP contribution in [0.25, 0.3) is 0 Å². The van der Waals surface area contributed by atoms with Crippen molar-refractivity contribution in [3.05, 3.63) is 41.2 Å². The summed E-state index contributed by atoms with van der Waals surface area (Å²) in [5, 5.41) is 19.0. The van der Waals surface area contributed by atoms with Crippen molar-refractivity contribution in [1.29, 1.82) is 5.26 Å². The molecule has 4 nitrogen and oxygen atoms in total. The van der Waals surface area contributed by atoms with Gasteiger partial charge < -0.3 is 4.57 Å². The van der Waals surface area contributed by atoms with E-state index in [9.17, 15) is 0 Å². The molecule has 23 heavy (non-hydrogen) atoms. The zero-order chi connectivity index (χ0) is 15.6. The molecule has 1 aromatic carbocycles. The number of hydrogen-bond donors (Lipinski definition) is 0. The molecule has 2 aliphatic rings. The van der Waals surface area contributed by atoms with Crippen LogP contribution in [0.3, 0.4) is 0 Å². The molecule has 1 aromatic heterocycles. The average molecular weight is 324 g/mol. The molecule has 1 heterocycles. The molecule has 0 saturated heterocycles. The zero-order valence-electron chi connectivity index (χ0n) is 13.1. The van der Waals surface area contributed by atoms with Crippen molar-refractivity contribution in [3.63, 3.8) is 0 Å². The first kappa shape index (κ1) is 14.8. The molecule has 0 radical (unpaired) electrons. The standard InChI is InChI=1S/C18H20N4S/c19-11-13-5-7-14(8-6-13)12-23-18-21-20-17(15-3-1-2-4-15)22(18)16-9-10-16/h5-8,15-16H,1-4,9-10,12H2. The Balaban J connectivity index is 1.51. The van der Waals surface area contributed by atoms with Gasteiger partial charge in [0, 0.05) is 17.7 Å². The molecule has 0 amide bonds. The van der Waals surface area contributed by atoms with Crippen molar-refractivity contribution >= 4 is 11.8 Å².